The molecule has 3 N–H and O–H groups in total. The van der Waals surface area contributed by atoms with Crippen molar-refractivity contribution in [2.45, 2.75) is 75.4 Å². The van der Waals surface area contributed by atoms with Gasteiger partial charge in [0, 0.05) is 23.9 Å². The maximum Gasteiger partial charge on any atom is 0.259 e. The van der Waals surface area contributed by atoms with Crippen molar-refractivity contribution in [3.63, 3.8) is 0 Å². The van der Waals surface area contributed by atoms with Crippen molar-refractivity contribution >= 4 is 50.3 Å². The highest BCUT2D eigenvalue weighted by atomic mass is 35.5. The lowest BCUT2D eigenvalue weighted by Gasteiger charge is -2.34. The molecule has 5 atom stereocenters. The second-order valence-corrected chi connectivity index (χ2v) is 15.0. The van der Waals surface area contributed by atoms with Crippen LogP contribution in [0.15, 0.2) is 43.1 Å². The Morgan fingerprint density at radius 1 is 1.23 bits per heavy atom. The molecule has 2 aromatic rings. The smallest absolute Gasteiger partial charge is 0.259 e. The first-order valence-electron chi connectivity index (χ1n) is 14.5. The molecule has 1 aromatic heterocycles. The highest BCUT2D eigenvalue weighted by Crippen LogP contribution is 2.45. The molecule has 1 aliphatic heterocycles. The molecule has 2 aliphatic carbocycles. The minimum absolute atomic E-state index is 0.0520. The lowest BCUT2D eigenvalue weighted by Crippen LogP contribution is -2.58. The van der Waals surface area contributed by atoms with Crippen molar-refractivity contribution < 1.29 is 32.3 Å². The monoisotopic (exact) mass is 647 g/mol. The summed E-state index contributed by atoms with van der Waals surface area (Å²) in [7, 11) is -2.27. The van der Waals surface area contributed by atoms with Crippen molar-refractivity contribution in [2.75, 3.05) is 13.7 Å². The number of pyridine rings is 1. The number of methoxy groups -OCH3 is 1. The number of rotatable bonds is 11. The number of nitrogens with one attached hydrogen (secondary N) is 3. The van der Waals surface area contributed by atoms with Crippen LogP contribution in [0.1, 0.15) is 46.5 Å². The van der Waals surface area contributed by atoms with Crippen LogP contribution in [0.4, 0.5) is 0 Å². The number of carbonyl (C=O) groups is 3. The number of benzene rings is 1. The molecular formula is C30H38ClN5O7S. The summed E-state index contributed by atoms with van der Waals surface area (Å²) < 4.78 is 38.8. The number of halogens is 1. The minimum atomic E-state index is -3.84. The lowest BCUT2D eigenvalue weighted by atomic mass is 9.86. The van der Waals surface area contributed by atoms with Gasteiger partial charge in [-0.05, 0) is 66.1 Å². The number of sulfonamides is 1. The van der Waals surface area contributed by atoms with Crippen LogP contribution >= 0.6 is 11.8 Å². The van der Waals surface area contributed by atoms with E-state index in [9.17, 15) is 22.8 Å². The number of nitrogens with zero attached hydrogens (tertiary/aromatic N) is 2. The van der Waals surface area contributed by atoms with Gasteiger partial charge in [-0.3, -0.25) is 19.1 Å². The molecule has 14 heteroatoms. The third kappa shape index (κ3) is 6.22. The van der Waals surface area contributed by atoms with Crippen molar-refractivity contribution in [1.82, 2.24) is 24.8 Å². The Bertz CT molecular complexity index is 1590. The Kier molecular flexibility index (Phi) is 8.60. The maximum absolute atomic E-state index is 13.9. The topological polar surface area (TPSA) is 156 Å². The third-order valence-electron chi connectivity index (χ3n) is 8.53. The Hall–Kier alpha value is -3.42. The number of likely N-dealkylation sites (tertiary alicyclic amines) is 1. The van der Waals surface area contributed by atoms with Crippen LogP contribution in [0.25, 0.3) is 10.8 Å². The second kappa shape index (κ2) is 11.8. The van der Waals surface area contributed by atoms with Gasteiger partial charge in [0.05, 0.1) is 18.9 Å². The molecule has 238 valence electrons. The average Bonchev–Trinajstić information content (AvgIpc) is 3.89. The molecule has 0 bridgehead atoms. The van der Waals surface area contributed by atoms with Gasteiger partial charge < -0.3 is 19.7 Å². The highest BCUT2D eigenvalue weighted by molar-refractivity contribution is 7.91. The SMILES string of the molecule is C=C[C@@H]1C[C@]1(NC(=O)[C@@H]1C[C@@H](Oc2nccc3cc(OC)ccc23)CN1C(=O)[C@@H](NCl)C(C)(C)C)C(=O)NS(=O)(=O)C1CC1. The molecular weight excluding hydrogens is 610 g/mol. The van der Waals surface area contributed by atoms with Crippen LogP contribution in [0.3, 0.4) is 0 Å². The first kappa shape index (κ1) is 32.0. The summed E-state index contributed by atoms with van der Waals surface area (Å²) in [5.74, 6) is -1.29. The number of amides is 3. The predicted molar refractivity (Wildman–Crippen MR) is 164 cm³/mol. The van der Waals surface area contributed by atoms with Gasteiger partial charge in [0.25, 0.3) is 5.91 Å². The Labute approximate surface area is 262 Å². The molecule has 3 fully saturated rings. The number of aromatic nitrogens is 1. The summed E-state index contributed by atoms with van der Waals surface area (Å²) in [6.07, 6.45) is 3.74. The van der Waals surface area contributed by atoms with E-state index in [-0.39, 0.29) is 19.4 Å². The van der Waals surface area contributed by atoms with E-state index in [0.717, 1.165) is 10.8 Å². The molecule has 2 heterocycles. The van der Waals surface area contributed by atoms with E-state index in [1.807, 2.05) is 39.0 Å². The Balaban J connectivity index is 1.41. The van der Waals surface area contributed by atoms with Gasteiger partial charge in [0.2, 0.25) is 27.7 Å². The van der Waals surface area contributed by atoms with Crippen LogP contribution < -0.4 is 24.3 Å². The summed E-state index contributed by atoms with van der Waals surface area (Å²) in [5.41, 5.74) is -2.09. The van der Waals surface area contributed by atoms with Crippen molar-refractivity contribution in [1.29, 1.82) is 0 Å². The zero-order valence-corrected chi connectivity index (χ0v) is 26.7. The number of fused-ring (bicyclic) bond motifs is 1. The first-order valence-corrected chi connectivity index (χ1v) is 16.4. The highest BCUT2D eigenvalue weighted by Gasteiger charge is 2.62. The molecule has 0 spiro atoms. The largest absolute Gasteiger partial charge is 0.497 e. The molecule has 2 saturated carbocycles. The van der Waals surface area contributed by atoms with Gasteiger partial charge in [-0.25, -0.2) is 18.2 Å². The lowest BCUT2D eigenvalue weighted by molar-refractivity contribution is -0.142. The van der Waals surface area contributed by atoms with Crippen molar-refractivity contribution in [2.24, 2.45) is 11.3 Å². The zero-order chi connectivity index (χ0) is 32.0. The van der Waals surface area contributed by atoms with Gasteiger partial charge >= 0.3 is 0 Å². The molecule has 5 rings (SSSR count). The number of carbonyl (C=O) groups excluding carboxylic acids is 3. The van der Waals surface area contributed by atoms with E-state index in [0.29, 0.717) is 24.5 Å². The fraction of sp³-hybridized carbons (Fsp3) is 0.533. The summed E-state index contributed by atoms with van der Waals surface area (Å²) in [6.45, 7) is 9.33. The van der Waals surface area contributed by atoms with Gasteiger partial charge in [-0.15, -0.1) is 6.58 Å². The second-order valence-electron chi connectivity index (χ2n) is 12.8. The maximum atomic E-state index is 13.9. The molecule has 12 nitrogen and oxygen atoms in total. The number of hydrogen-bond donors (Lipinski definition) is 3. The van der Waals surface area contributed by atoms with Gasteiger partial charge in [-0.2, -0.15) is 0 Å². The fourth-order valence-electron chi connectivity index (χ4n) is 5.65. The standard InChI is InChI=1S/C30H38ClN5O7S/c1-6-18-15-30(18,28(39)35-44(40,41)21-8-9-21)33-25(37)23-14-20(16-36(23)27(38)24(34-31)29(2,3)4)43-26-22-10-7-19(42-5)13-17(22)11-12-32-26/h6-7,10-13,18,20-21,23-24,34H,1,8-9,14-16H2,2-5H3,(H,33,37)(H,35,39)/t18-,20-,23+,24-,30-/m1/s1. The van der Waals surface area contributed by atoms with E-state index >= 15 is 0 Å². The van der Waals surface area contributed by atoms with E-state index < -0.39 is 68.1 Å². The molecule has 1 saturated heterocycles. The summed E-state index contributed by atoms with van der Waals surface area (Å²) in [6, 6.07) is 5.41. The Morgan fingerprint density at radius 2 is 1.95 bits per heavy atom. The van der Waals surface area contributed by atoms with Crippen LogP contribution in [0.2, 0.25) is 0 Å². The zero-order valence-electron chi connectivity index (χ0n) is 25.1. The van der Waals surface area contributed by atoms with E-state index in [1.54, 1.807) is 19.4 Å². The van der Waals surface area contributed by atoms with E-state index in [4.69, 9.17) is 21.3 Å². The molecule has 3 amide bonds. The van der Waals surface area contributed by atoms with E-state index in [1.165, 1.54) is 11.0 Å². The molecule has 1 aromatic carbocycles. The van der Waals surface area contributed by atoms with Crippen LogP contribution in [-0.2, 0) is 24.4 Å². The third-order valence-corrected chi connectivity index (χ3v) is 10.6. The normalized spacial score (nSPS) is 25.7. The molecule has 0 radical (unpaired) electrons. The van der Waals surface area contributed by atoms with Crippen molar-refractivity contribution in [3.8, 4) is 11.6 Å². The Morgan fingerprint density at radius 3 is 2.55 bits per heavy atom. The van der Waals surface area contributed by atoms with Crippen molar-refractivity contribution in [3.05, 3.63) is 43.1 Å². The quantitative estimate of drug-likeness (QED) is 0.246. The molecule has 3 aliphatic rings. The molecule has 0 unspecified atom stereocenters. The van der Waals surface area contributed by atoms with Gasteiger partial charge in [0.15, 0.2) is 0 Å². The predicted octanol–water partition coefficient (Wildman–Crippen LogP) is 2.42. The van der Waals surface area contributed by atoms with E-state index in [2.05, 4.69) is 26.4 Å². The van der Waals surface area contributed by atoms with Gasteiger partial charge in [-0.1, -0.05) is 26.8 Å². The van der Waals surface area contributed by atoms with Gasteiger partial charge in [0.1, 0.15) is 29.5 Å². The summed E-state index contributed by atoms with van der Waals surface area (Å²) in [5, 5.41) is 3.74. The average molecular weight is 648 g/mol. The summed E-state index contributed by atoms with van der Waals surface area (Å²) >= 11 is 6.03. The summed E-state index contributed by atoms with van der Waals surface area (Å²) in [4.78, 5) is 49.4. The van der Waals surface area contributed by atoms with Crippen LogP contribution in [0.5, 0.6) is 11.6 Å². The number of ether oxygens (including phenoxy) is 2. The van der Waals surface area contributed by atoms with Crippen LogP contribution in [-0.4, -0.2) is 78.7 Å². The molecule has 44 heavy (non-hydrogen) atoms. The van der Waals surface area contributed by atoms with Crippen LogP contribution in [0, 0.1) is 11.3 Å². The minimum Gasteiger partial charge on any atom is -0.497 e. The first-order chi connectivity index (χ1) is 20.7. The number of hydrogen-bond acceptors (Lipinski definition) is 9. The fourth-order valence-corrected chi connectivity index (χ4v) is 7.43.